The van der Waals surface area contributed by atoms with Crippen molar-refractivity contribution in [3.05, 3.63) is 71.6 Å². The molecule has 0 atom stereocenters. The number of halogens is 1. The van der Waals surface area contributed by atoms with Gasteiger partial charge in [0.25, 0.3) is 5.89 Å². The summed E-state index contributed by atoms with van der Waals surface area (Å²) in [5, 5.41) is 5.56. The minimum absolute atomic E-state index is 0.398. The van der Waals surface area contributed by atoms with Crippen molar-refractivity contribution in [2.45, 2.75) is 0 Å². The Hall–Kier alpha value is -3.38. The molecule has 26 heavy (non-hydrogen) atoms. The first-order valence-electron chi connectivity index (χ1n) is 8.00. The summed E-state index contributed by atoms with van der Waals surface area (Å²) in [5.41, 5.74) is 3.49. The van der Waals surface area contributed by atoms with Crippen LogP contribution in [0.1, 0.15) is 11.6 Å². The monoisotopic (exact) mass is 361 g/mol. The Bertz CT molecular complexity index is 1260. The quantitative estimate of drug-likeness (QED) is 0.506. The summed E-state index contributed by atoms with van der Waals surface area (Å²) in [4.78, 5) is 12.0. The highest BCUT2D eigenvalue weighted by Crippen LogP contribution is 2.26. The fraction of sp³-hybridized carbons (Fsp3) is 0. The van der Waals surface area contributed by atoms with E-state index < -0.39 is 0 Å². The van der Waals surface area contributed by atoms with E-state index in [9.17, 15) is 0 Å². The number of pyridine rings is 1. The van der Waals surface area contributed by atoms with E-state index in [2.05, 4.69) is 20.1 Å². The van der Waals surface area contributed by atoms with Crippen LogP contribution in [0.4, 0.5) is 0 Å². The number of imidazole rings is 1. The Kier molecular flexibility index (Phi) is 3.36. The SMILES string of the molecule is Clc1nc2ccccn2c1/C=C/c1nc(-c2cccc3[nH]ccc23)no1. The molecule has 1 aromatic carbocycles. The van der Waals surface area contributed by atoms with Gasteiger partial charge in [-0.15, -0.1) is 0 Å². The van der Waals surface area contributed by atoms with Crippen molar-refractivity contribution in [3.63, 3.8) is 0 Å². The van der Waals surface area contributed by atoms with E-state index in [-0.39, 0.29) is 0 Å². The van der Waals surface area contributed by atoms with Gasteiger partial charge >= 0.3 is 0 Å². The number of fused-ring (bicyclic) bond motifs is 2. The van der Waals surface area contributed by atoms with Gasteiger partial charge in [0.05, 0.1) is 5.69 Å². The molecule has 6 nitrogen and oxygen atoms in total. The third-order valence-electron chi connectivity index (χ3n) is 4.18. The van der Waals surface area contributed by atoms with Crippen molar-refractivity contribution in [2.75, 3.05) is 0 Å². The van der Waals surface area contributed by atoms with Gasteiger partial charge in [0.2, 0.25) is 5.82 Å². The third-order valence-corrected chi connectivity index (χ3v) is 4.46. The van der Waals surface area contributed by atoms with E-state index in [4.69, 9.17) is 16.1 Å². The second-order valence-corrected chi connectivity index (χ2v) is 6.11. The van der Waals surface area contributed by atoms with Crippen LogP contribution in [-0.2, 0) is 0 Å². The Morgan fingerprint density at radius 1 is 1.04 bits per heavy atom. The maximum atomic E-state index is 6.23. The lowest BCUT2D eigenvalue weighted by Crippen LogP contribution is -1.85. The van der Waals surface area contributed by atoms with Crippen molar-refractivity contribution in [3.8, 4) is 11.4 Å². The molecule has 5 aromatic rings. The smallest absolute Gasteiger partial charge is 0.251 e. The van der Waals surface area contributed by atoms with Crippen LogP contribution in [0.5, 0.6) is 0 Å². The van der Waals surface area contributed by atoms with Gasteiger partial charge in [-0.2, -0.15) is 4.98 Å². The summed E-state index contributed by atoms with van der Waals surface area (Å²) in [6.07, 6.45) is 7.34. The van der Waals surface area contributed by atoms with Crippen LogP contribution < -0.4 is 0 Å². The van der Waals surface area contributed by atoms with E-state index >= 15 is 0 Å². The molecule has 0 aliphatic heterocycles. The minimum atomic E-state index is 0.398. The Labute approximate surface area is 152 Å². The highest BCUT2D eigenvalue weighted by atomic mass is 35.5. The van der Waals surface area contributed by atoms with Crippen LogP contribution >= 0.6 is 11.6 Å². The Morgan fingerprint density at radius 3 is 2.96 bits per heavy atom. The number of aromatic nitrogens is 5. The molecule has 0 saturated heterocycles. The van der Waals surface area contributed by atoms with Crippen molar-refractivity contribution in [2.24, 2.45) is 0 Å². The molecule has 5 rings (SSSR count). The average Bonchev–Trinajstić information content (AvgIpc) is 3.37. The topological polar surface area (TPSA) is 72.0 Å². The second kappa shape index (κ2) is 5.86. The van der Waals surface area contributed by atoms with Gasteiger partial charge in [-0.05, 0) is 30.3 Å². The van der Waals surface area contributed by atoms with Gasteiger partial charge in [0.15, 0.2) is 5.15 Å². The first kappa shape index (κ1) is 14.9. The number of nitrogens with one attached hydrogen (secondary N) is 1. The van der Waals surface area contributed by atoms with Crippen molar-refractivity contribution >= 4 is 40.3 Å². The van der Waals surface area contributed by atoms with Gasteiger partial charge in [-0.25, -0.2) is 4.98 Å². The molecule has 0 fully saturated rings. The summed E-state index contributed by atoms with van der Waals surface area (Å²) < 4.78 is 7.26. The molecule has 0 unspecified atom stereocenters. The Morgan fingerprint density at radius 2 is 2.00 bits per heavy atom. The number of aromatic amines is 1. The summed E-state index contributed by atoms with van der Waals surface area (Å²) in [6, 6.07) is 13.7. The lowest BCUT2D eigenvalue weighted by Gasteiger charge is -1.96. The predicted molar refractivity (Wildman–Crippen MR) is 101 cm³/mol. The molecule has 0 bridgehead atoms. The second-order valence-electron chi connectivity index (χ2n) is 5.75. The Balaban J connectivity index is 1.52. The summed E-state index contributed by atoms with van der Waals surface area (Å²) in [7, 11) is 0. The van der Waals surface area contributed by atoms with Gasteiger partial charge in [-0.3, -0.25) is 4.40 Å². The summed E-state index contributed by atoms with van der Waals surface area (Å²) in [5.74, 6) is 0.938. The average molecular weight is 362 g/mol. The van der Waals surface area contributed by atoms with Crippen molar-refractivity contribution < 1.29 is 4.52 Å². The molecule has 0 amide bonds. The van der Waals surface area contributed by atoms with Gasteiger partial charge in [0.1, 0.15) is 5.65 Å². The number of rotatable bonds is 3. The molecule has 4 aromatic heterocycles. The fourth-order valence-corrected chi connectivity index (χ4v) is 3.22. The van der Waals surface area contributed by atoms with Crippen molar-refractivity contribution in [1.29, 1.82) is 0 Å². The zero-order valence-corrected chi connectivity index (χ0v) is 14.2. The van der Waals surface area contributed by atoms with Crippen LogP contribution in [0.15, 0.2) is 59.4 Å². The fourth-order valence-electron chi connectivity index (χ4n) is 2.98. The van der Waals surface area contributed by atoms with Crippen LogP contribution in [0.25, 0.3) is 40.1 Å². The number of benzene rings is 1. The summed E-state index contributed by atoms with van der Waals surface area (Å²) >= 11 is 6.23. The van der Waals surface area contributed by atoms with Gasteiger partial charge < -0.3 is 9.51 Å². The molecule has 0 radical (unpaired) electrons. The van der Waals surface area contributed by atoms with Crippen LogP contribution in [0.2, 0.25) is 5.15 Å². The van der Waals surface area contributed by atoms with Gasteiger partial charge in [0, 0.05) is 34.9 Å². The zero-order chi connectivity index (χ0) is 17.5. The molecule has 0 aliphatic rings. The van der Waals surface area contributed by atoms with E-state index in [1.807, 2.05) is 65.3 Å². The van der Waals surface area contributed by atoms with E-state index in [0.717, 1.165) is 27.8 Å². The normalized spacial score (nSPS) is 11.9. The molecule has 126 valence electrons. The largest absolute Gasteiger partial charge is 0.361 e. The first-order valence-corrected chi connectivity index (χ1v) is 8.38. The minimum Gasteiger partial charge on any atom is -0.361 e. The van der Waals surface area contributed by atoms with Crippen molar-refractivity contribution in [1.82, 2.24) is 24.5 Å². The maximum Gasteiger partial charge on any atom is 0.251 e. The van der Waals surface area contributed by atoms with Crippen LogP contribution in [0, 0.1) is 0 Å². The predicted octanol–water partition coefficient (Wildman–Crippen LogP) is 4.69. The third kappa shape index (κ3) is 2.39. The lowest BCUT2D eigenvalue weighted by atomic mass is 10.1. The zero-order valence-electron chi connectivity index (χ0n) is 13.4. The first-order chi connectivity index (χ1) is 12.8. The molecule has 1 N–H and O–H groups in total. The van der Waals surface area contributed by atoms with E-state index in [1.54, 1.807) is 6.08 Å². The molecule has 0 spiro atoms. The number of hydrogen-bond acceptors (Lipinski definition) is 4. The van der Waals surface area contributed by atoms with E-state index in [1.165, 1.54) is 0 Å². The maximum absolute atomic E-state index is 6.23. The molecular formula is C19H12ClN5O. The number of nitrogens with zero attached hydrogens (tertiary/aromatic N) is 4. The highest BCUT2D eigenvalue weighted by Gasteiger charge is 2.11. The van der Waals surface area contributed by atoms with Gasteiger partial charge in [-0.1, -0.05) is 35.0 Å². The lowest BCUT2D eigenvalue weighted by molar-refractivity contribution is 0.411. The molecule has 0 saturated carbocycles. The molecular weight excluding hydrogens is 350 g/mol. The molecule has 0 aliphatic carbocycles. The number of hydrogen-bond donors (Lipinski definition) is 1. The standard InChI is InChI=1S/C19H12ClN5O/c20-18-15(25-11-2-1-6-16(25)22-18)7-8-17-23-19(24-26-17)13-4-3-5-14-12(13)9-10-21-14/h1-11,21H/b8-7+. The molecule has 7 heteroatoms. The van der Waals surface area contributed by atoms with Crippen LogP contribution in [0.3, 0.4) is 0 Å². The highest BCUT2D eigenvalue weighted by molar-refractivity contribution is 6.31. The number of H-pyrrole nitrogens is 1. The van der Waals surface area contributed by atoms with Crippen LogP contribution in [-0.4, -0.2) is 24.5 Å². The summed E-state index contributed by atoms with van der Waals surface area (Å²) in [6.45, 7) is 0. The molecule has 4 heterocycles. The van der Waals surface area contributed by atoms with E-state index in [0.29, 0.717) is 16.9 Å².